The summed E-state index contributed by atoms with van der Waals surface area (Å²) in [5, 5.41) is 0. The Morgan fingerprint density at radius 2 is 1.85 bits per heavy atom. The van der Waals surface area contributed by atoms with E-state index in [-0.39, 0.29) is 11.4 Å². The van der Waals surface area contributed by atoms with Crippen LogP contribution in [0.1, 0.15) is 5.56 Å². The second-order valence-corrected chi connectivity index (χ2v) is 7.65. The van der Waals surface area contributed by atoms with E-state index in [0.29, 0.717) is 10.2 Å². The Kier molecular flexibility index (Phi) is 4.85. The molecule has 0 atom stereocenters. The van der Waals surface area contributed by atoms with Crippen molar-refractivity contribution in [2.45, 2.75) is 11.4 Å². The standard InChI is InChI=1S/C13H12Br2N2O2S/c14-10-4-5-13(12(15)7-10)20(18,19)17-8-9-2-1-3-11(16)6-9/h1-7,17H,8,16H2. The molecule has 0 heterocycles. The molecule has 0 amide bonds. The van der Waals surface area contributed by atoms with Gasteiger partial charge in [-0.25, -0.2) is 13.1 Å². The van der Waals surface area contributed by atoms with Crippen LogP contribution < -0.4 is 10.5 Å². The van der Waals surface area contributed by atoms with Crippen molar-refractivity contribution in [1.29, 1.82) is 0 Å². The van der Waals surface area contributed by atoms with Gasteiger partial charge in [0, 0.05) is 21.2 Å². The lowest BCUT2D eigenvalue weighted by Gasteiger charge is -2.09. The number of rotatable bonds is 4. The Hall–Kier alpha value is -0.890. The lowest BCUT2D eigenvalue weighted by molar-refractivity contribution is 0.581. The van der Waals surface area contributed by atoms with Gasteiger partial charge >= 0.3 is 0 Å². The van der Waals surface area contributed by atoms with Gasteiger partial charge in [0.25, 0.3) is 0 Å². The van der Waals surface area contributed by atoms with Crippen LogP contribution in [0.15, 0.2) is 56.3 Å². The molecule has 2 aromatic carbocycles. The van der Waals surface area contributed by atoms with Crippen LogP contribution >= 0.6 is 31.9 Å². The molecule has 3 N–H and O–H groups in total. The average molecular weight is 420 g/mol. The molecule has 0 saturated carbocycles. The van der Waals surface area contributed by atoms with Crippen LogP contribution in [-0.2, 0) is 16.6 Å². The quantitative estimate of drug-likeness (QED) is 0.747. The van der Waals surface area contributed by atoms with Crippen molar-refractivity contribution in [2.24, 2.45) is 0 Å². The third-order valence-electron chi connectivity index (χ3n) is 2.60. The molecule has 0 bridgehead atoms. The first-order valence-electron chi connectivity index (χ1n) is 5.67. The zero-order valence-corrected chi connectivity index (χ0v) is 14.3. The fraction of sp³-hybridized carbons (Fsp3) is 0.0769. The van der Waals surface area contributed by atoms with E-state index in [1.54, 1.807) is 30.3 Å². The van der Waals surface area contributed by atoms with Gasteiger partial charge in [0.15, 0.2) is 0 Å². The first kappa shape index (κ1) is 15.5. The minimum atomic E-state index is -3.58. The van der Waals surface area contributed by atoms with Crippen molar-refractivity contribution >= 4 is 47.6 Å². The molecule has 0 fully saturated rings. The molecule has 0 unspecified atom stereocenters. The molecule has 0 aromatic heterocycles. The number of halogens is 2. The number of benzene rings is 2. The maximum absolute atomic E-state index is 12.2. The second kappa shape index (κ2) is 6.26. The van der Waals surface area contributed by atoms with Gasteiger partial charge in [-0.05, 0) is 51.8 Å². The third-order valence-corrected chi connectivity index (χ3v) is 5.47. The maximum Gasteiger partial charge on any atom is 0.241 e. The van der Waals surface area contributed by atoms with Crippen molar-refractivity contribution in [3.8, 4) is 0 Å². The third kappa shape index (κ3) is 3.82. The molecule has 0 aliphatic carbocycles. The topological polar surface area (TPSA) is 72.2 Å². The summed E-state index contributed by atoms with van der Waals surface area (Å²) < 4.78 is 28.3. The van der Waals surface area contributed by atoms with Crippen LogP contribution in [-0.4, -0.2) is 8.42 Å². The van der Waals surface area contributed by atoms with E-state index >= 15 is 0 Å². The Morgan fingerprint density at radius 3 is 2.50 bits per heavy atom. The van der Waals surface area contributed by atoms with Crippen LogP contribution in [0.5, 0.6) is 0 Å². The summed E-state index contributed by atoms with van der Waals surface area (Å²) in [5.74, 6) is 0. The van der Waals surface area contributed by atoms with E-state index in [2.05, 4.69) is 36.6 Å². The van der Waals surface area contributed by atoms with E-state index in [9.17, 15) is 8.42 Å². The molecule has 20 heavy (non-hydrogen) atoms. The summed E-state index contributed by atoms with van der Waals surface area (Å²) in [6.07, 6.45) is 0. The predicted molar refractivity (Wildman–Crippen MR) is 86.7 cm³/mol. The molecule has 0 saturated heterocycles. The van der Waals surface area contributed by atoms with E-state index < -0.39 is 10.0 Å². The zero-order chi connectivity index (χ0) is 14.8. The highest BCUT2D eigenvalue weighted by atomic mass is 79.9. The molecule has 7 heteroatoms. The van der Waals surface area contributed by atoms with Gasteiger partial charge in [-0.1, -0.05) is 28.1 Å². The Balaban J connectivity index is 2.19. The van der Waals surface area contributed by atoms with Crippen molar-refractivity contribution in [1.82, 2.24) is 4.72 Å². The van der Waals surface area contributed by atoms with Crippen molar-refractivity contribution in [3.63, 3.8) is 0 Å². The normalized spacial score (nSPS) is 11.5. The zero-order valence-electron chi connectivity index (χ0n) is 10.3. The molecular weight excluding hydrogens is 408 g/mol. The molecule has 0 spiro atoms. The highest BCUT2D eigenvalue weighted by Gasteiger charge is 2.17. The Labute approximate surface area is 134 Å². The summed E-state index contributed by atoms with van der Waals surface area (Å²) in [5.41, 5.74) is 7.07. The van der Waals surface area contributed by atoms with Gasteiger partial charge in [-0.2, -0.15) is 0 Å². The molecular formula is C13H12Br2N2O2S. The summed E-state index contributed by atoms with van der Waals surface area (Å²) in [6, 6.07) is 12.0. The number of hydrogen-bond donors (Lipinski definition) is 2. The van der Waals surface area contributed by atoms with Crippen LogP contribution in [0, 0.1) is 0 Å². The fourth-order valence-electron chi connectivity index (χ4n) is 1.65. The van der Waals surface area contributed by atoms with Gasteiger partial charge < -0.3 is 5.73 Å². The lowest BCUT2D eigenvalue weighted by Crippen LogP contribution is -2.23. The second-order valence-electron chi connectivity index (χ2n) is 4.14. The number of nitrogen functional groups attached to an aromatic ring is 1. The predicted octanol–water partition coefficient (Wildman–Crippen LogP) is 3.27. The van der Waals surface area contributed by atoms with Crippen molar-refractivity contribution < 1.29 is 8.42 Å². The molecule has 106 valence electrons. The Bertz CT molecular complexity index is 733. The maximum atomic E-state index is 12.2. The van der Waals surface area contributed by atoms with E-state index in [0.717, 1.165) is 10.0 Å². The summed E-state index contributed by atoms with van der Waals surface area (Å²) in [6.45, 7) is 0.190. The van der Waals surface area contributed by atoms with Gasteiger partial charge in [-0.3, -0.25) is 0 Å². The van der Waals surface area contributed by atoms with Gasteiger partial charge in [0.2, 0.25) is 10.0 Å². The summed E-state index contributed by atoms with van der Waals surface area (Å²) in [4.78, 5) is 0.199. The SMILES string of the molecule is Nc1cccc(CNS(=O)(=O)c2ccc(Br)cc2Br)c1. The molecule has 0 aliphatic rings. The average Bonchev–Trinajstić information content (AvgIpc) is 2.36. The summed E-state index contributed by atoms with van der Waals surface area (Å²) in [7, 11) is -3.58. The highest BCUT2D eigenvalue weighted by molar-refractivity contribution is 9.11. The number of hydrogen-bond acceptors (Lipinski definition) is 3. The number of anilines is 1. The first-order valence-corrected chi connectivity index (χ1v) is 8.74. The molecule has 2 aromatic rings. The van der Waals surface area contributed by atoms with Crippen molar-refractivity contribution in [3.05, 3.63) is 57.0 Å². The van der Waals surface area contributed by atoms with E-state index in [1.807, 2.05) is 6.07 Å². The minimum absolute atomic E-state index is 0.190. The highest BCUT2D eigenvalue weighted by Crippen LogP contribution is 2.25. The number of sulfonamides is 1. The fourth-order valence-corrected chi connectivity index (χ4v) is 4.41. The van der Waals surface area contributed by atoms with E-state index in [4.69, 9.17) is 5.73 Å². The molecule has 0 radical (unpaired) electrons. The Morgan fingerprint density at radius 1 is 1.10 bits per heavy atom. The van der Waals surface area contributed by atoms with Gasteiger partial charge in [-0.15, -0.1) is 0 Å². The van der Waals surface area contributed by atoms with Crippen LogP contribution in [0.2, 0.25) is 0 Å². The van der Waals surface area contributed by atoms with Gasteiger partial charge in [0.05, 0.1) is 4.90 Å². The largest absolute Gasteiger partial charge is 0.399 e. The van der Waals surface area contributed by atoms with Crippen LogP contribution in [0.4, 0.5) is 5.69 Å². The smallest absolute Gasteiger partial charge is 0.241 e. The minimum Gasteiger partial charge on any atom is -0.399 e. The number of nitrogens with one attached hydrogen (secondary N) is 1. The molecule has 2 rings (SSSR count). The van der Waals surface area contributed by atoms with Crippen LogP contribution in [0.3, 0.4) is 0 Å². The molecule has 4 nitrogen and oxygen atoms in total. The monoisotopic (exact) mass is 418 g/mol. The lowest BCUT2D eigenvalue weighted by atomic mass is 10.2. The van der Waals surface area contributed by atoms with Gasteiger partial charge in [0.1, 0.15) is 0 Å². The van der Waals surface area contributed by atoms with Crippen molar-refractivity contribution in [2.75, 3.05) is 5.73 Å². The number of nitrogens with two attached hydrogens (primary N) is 1. The molecule has 0 aliphatic heterocycles. The van der Waals surface area contributed by atoms with Crippen LogP contribution in [0.25, 0.3) is 0 Å². The van der Waals surface area contributed by atoms with E-state index in [1.165, 1.54) is 6.07 Å². The summed E-state index contributed by atoms with van der Waals surface area (Å²) >= 11 is 6.54. The first-order chi connectivity index (χ1) is 9.38.